The molecule has 0 atom stereocenters. The van der Waals surface area contributed by atoms with E-state index in [9.17, 15) is 27.6 Å². The van der Waals surface area contributed by atoms with Gasteiger partial charge in [0.05, 0.1) is 16.3 Å². The molecule has 0 fully saturated rings. The zero-order valence-electron chi connectivity index (χ0n) is 15.7. The fourth-order valence-corrected chi connectivity index (χ4v) is 2.42. The Morgan fingerprint density at radius 3 is 2.30 bits per heavy atom. The van der Waals surface area contributed by atoms with Gasteiger partial charge in [0.2, 0.25) is 0 Å². The van der Waals surface area contributed by atoms with Crippen LogP contribution in [0.1, 0.15) is 29.3 Å². The molecule has 0 aliphatic rings. The van der Waals surface area contributed by atoms with E-state index >= 15 is 0 Å². The molecule has 0 aromatic heterocycles. The van der Waals surface area contributed by atoms with Crippen LogP contribution in [0.4, 0.5) is 18.9 Å². The Balaban J connectivity index is 1.82. The quantitative estimate of drug-likeness (QED) is 0.479. The molecule has 0 saturated heterocycles. The predicted octanol–water partition coefficient (Wildman–Crippen LogP) is 4.51. The van der Waals surface area contributed by atoms with Gasteiger partial charge in [-0.05, 0) is 42.5 Å². The molecule has 1 amide bonds. The molecule has 160 valence electrons. The van der Waals surface area contributed by atoms with E-state index < -0.39 is 36.8 Å². The number of rotatable bonds is 8. The highest BCUT2D eigenvalue weighted by molar-refractivity contribution is 6.33. The van der Waals surface area contributed by atoms with Gasteiger partial charge < -0.3 is 14.8 Å². The number of Topliss-reactive ketones (excluding diaryl/α,β-unsaturated/α-hetero) is 1. The Morgan fingerprint density at radius 1 is 1.03 bits per heavy atom. The first kappa shape index (κ1) is 23.2. The summed E-state index contributed by atoms with van der Waals surface area (Å²) in [4.78, 5) is 35.1. The summed E-state index contributed by atoms with van der Waals surface area (Å²) in [5, 5.41) is 2.05. The highest BCUT2D eigenvalue weighted by Gasteiger charge is 2.31. The highest BCUT2D eigenvalue weighted by atomic mass is 35.5. The molecule has 0 heterocycles. The van der Waals surface area contributed by atoms with Crippen molar-refractivity contribution in [3.63, 3.8) is 0 Å². The average molecular weight is 444 g/mol. The smallest absolute Gasteiger partial charge is 0.416 e. The number of carbonyl (C=O) groups is 3. The average Bonchev–Trinajstić information content (AvgIpc) is 2.71. The van der Waals surface area contributed by atoms with Crippen molar-refractivity contribution >= 4 is 34.9 Å². The van der Waals surface area contributed by atoms with Crippen LogP contribution >= 0.6 is 11.6 Å². The molecule has 0 saturated carbocycles. The highest BCUT2D eigenvalue weighted by Crippen LogP contribution is 2.33. The van der Waals surface area contributed by atoms with E-state index in [1.165, 1.54) is 12.1 Å². The molecular weight excluding hydrogens is 427 g/mol. The van der Waals surface area contributed by atoms with Gasteiger partial charge in [-0.25, -0.2) is 4.79 Å². The zero-order valence-corrected chi connectivity index (χ0v) is 16.5. The second-order valence-electron chi connectivity index (χ2n) is 5.99. The monoisotopic (exact) mass is 443 g/mol. The van der Waals surface area contributed by atoms with Crippen LogP contribution in [0.3, 0.4) is 0 Å². The number of hydrogen-bond acceptors (Lipinski definition) is 5. The molecule has 6 nitrogen and oxygen atoms in total. The van der Waals surface area contributed by atoms with Gasteiger partial charge >= 0.3 is 12.1 Å². The fourth-order valence-electron chi connectivity index (χ4n) is 2.25. The van der Waals surface area contributed by atoms with Crippen LogP contribution in [-0.2, 0) is 20.5 Å². The number of amides is 1. The Labute approximate surface area is 174 Å². The topological polar surface area (TPSA) is 81.7 Å². The summed E-state index contributed by atoms with van der Waals surface area (Å²) in [6.07, 6.45) is -4.24. The summed E-state index contributed by atoms with van der Waals surface area (Å²) in [6, 6.07) is 8.59. The largest absolute Gasteiger partial charge is 0.482 e. The summed E-state index contributed by atoms with van der Waals surface area (Å²) in [5.41, 5.74) is -0.734. The Bertz CT molecular complexity index is 929. The molecule has 10 heteroatoms. The fraction of sp³-hybridized carbons (Fsp3) is 0.250. The van der Waals surface area contributed by atoms with Crippen molar-refractivity contribution in [2.75, 3.05) is 18.5 Å². The third kappa shape index (κ3) is 6.77. The van der Waals surface area contributed by atoms with Gasteiger partial charge in [0.25, 0.3) is 5.91 Å². The first-order valence-corrected chi connectivity index (χ1v) is 9.06. The molecule has 30 heavy (non-hydrogen) atoms. The second kappa shape index (κ2) is 10.1. The summed E-state index contributed by atoms with van der Waals surface area (Å²) < 4.78 is 48.1. The molecule has 0 radical (unpaired) electrons. The number of ether oxygens (including phenoxy) is 2. The summed E-state index contributed by atoms with van der Waals surface area (Å²) in [7, 11) is 0. The molecule has 0 aliphatic heterocycles. The van der Waals surface area contributed by atoms with E-state index in [4.69, 9.17) is 21.1 Å². The number of halogens is 4. The van der Waals surface area contributed by atoms with Crippen LogP contribution < -0.4 is 10.1 Å². The van der Waals surface area contributed by atoms with E-state index in [-0.39, 0.29) is 16.5 Å². The molecule has 0 bridgehead atoms. The van der Waals surface area contributed by atoms with E-state index in [1.54, 1.807) is 19.1 Å². The molecule has 0 spiro atoms. The lowest BCUT2D eigenvalue weighted by Gasteiger charge is -2.12. The van der Waals surface area contributed by atoms with Gasteiger partial charge in [0.1, 0.15) is 5.75 Å². The number of anilines is 1. The van der Waals surface area contributed by atoms with Crippen molar-refractivity contribution in [1.29, 1.82) is 0 Å². The third-order valence-electron chi connectivity index (χ3n) is 3.79. The summed E-state index contributed by atoms with van der Waals surface area (Å²) in [6.45, 7) is 0.497. The third-order valence-corrected chi connectivity index (χ3v) is 4.12. The Morgan fingerprint density at radius 2 is 1.70 bits per heavy atom. The minimum absolute atomic E-state index is 0.0344. The van der Waals surface area contributed by atoms with Crippen molar-refractivity contribution in [1.82, 2.24) is 0 Å². The summed E-state index contributed by atoms with van der Waals surface area (Å²) >= 11 is 5.78. The first-order valence-electron chi connectivity index (χ1n) is 8.68. The van der Waals surface area contributed by atoms with Crippen LogP contribution in [0.25, 0.3) is 0 Å². The minimum atomic E-state index is -4.60. The Kier molecular flexibility index (Phi) is 7.82. The van der Waals surface area contributed by atoms with Gasteiger partial charge in [-0.1, -0.05) is 18.5 Å². The molecule has 1 N–H and O–H groups in total. The lowest BCUT2D eigenvalue weighted by molar-refractivity contribution is -0.149. The predicted molar refractivity (Wildman–Crippen MR) is 103 cm³/mol. The van der Waals surface area contributed by atoms with Crippen LogP contribution in [0.15, 0.2) is 42.5 Å². The lowest BCUT2D eigenvalue weighted by atomic mass is 10.1. The maximum Gasteiger partial charge on any atom is 0.416 e. The van der Waals surface area contributed by atoms with Crippen LogP contribution in [0, 0.1) is 0 Å². The number of hydrogen-bond donors (Lipinski definition) is 1. The van der Waals surface area contributed by atoms with Crippen LogP contribution in [0.2, 0.25) is 5.02 Å². The molecule has 2 aromatic rings. The van der Waals surface area contributed by atoms with Gasteiger partial charge in [-0.3, -0.25) is 9.59 Å². The number of nitrogens with one attached hydrogen (secondary N) is 1. The van der Waals surface area contributed by atoms with Gasteiger partial charge in [-0.2, -0.15) is 13.2 Å². The zero-order chi connectivity index (χ0) is 22.3. The molecule has 0 unspecified atom stereocenters. The maximum atomic E-state index is 12.7. The standard InChI is InChI=1S/C20H17ClF3NO5/c1-2-17(26)12-3-6-14(7-4-12)29-11-19(28)30-10-18(27)25-16-9-13(20(22,23)24)5-8-15(16)21/h3-9H,2,10-11H2,1H3,(H,25,27). The molecule has 0 aliphatic carbocycles. The van der Waals surface area contributed by atoms with Crippen molar-refractivity contribution in [3.8, 4) is 5.75 Å². The van der Waals surface area contributed by atoms with Gasteiger partial charge in [0, 0.05) is 12.0 Å². The Hall–Kier alpha value is -3.07. The number of carbonyl (C=O) groups excluding carboxylic acids is 3. The summed E-state index contributed by atoms with van der Waals surface area (Å²) in [5.74, 6) is -1.45. The first-order chi connectivity index (χ1) is 14.1. The minimum Gasteiger partial charge on any atom is -0.482 e. The molecular formula is C20H17ClF3NO5. The normalized spacial score (nSPS) is 11.0. The maximum absolute atomic E-state index is 12.7. The van der Waals surface area contributed by atoms with E-state index in [2.05, 4.69) is 5.32 Å². The SMILES string of the molecule is CCC(=O)c1ccc(OCC(=O)OCC(=O)Nc2cc(C(F)(F)F)ccc2Cl)cc1. The van der Waals surface area contributed by atoms with Crippen LogP contribution in [0.5, 0.6) is 5.75 Å². The van der Waals surface area contributed by atoms with Crippen molar-refractivity contribution in [2.24, 2.45) is 0 Å². The number of benzene rings is 2. The van der Waals surface area contributed by atoms with Crippen molar-refractivity contribution in [2.45, 2.75) is 19.5 Å². The van der Waals surface area contributed by atoms with E-state index in [0.717, 1.165) is 12.1 Å². The molecule has 2 rings (SSSR count). The molecule has 2 aromatic carbocycles. The number of alkyl halides is 3. The van der Waals surface area contributed by atoms with Crippen molar-refractivity contribution in [3.05, 3.63) is 58.6 Å². The second-order valence-corrected chi connectivity index (χ2v) is 6.40. The van der Waals surface area contributed by atoms with Crippen molar-refractivity contribution < 1.29 is 37.0 Å². The number of ketones is 1. The lowest BCUT2D eigenvalue weighted by Crippen LogP contribution is -2.24. The van der Waals surface area contributed by atoms with Crippen LogP contribution in [-0.4, -0.2) is 30.9 Å². The van der Waals surface area contributed by atoms with Gasteiger partial charge in [0.15, 0.2) is 19.0 Å². The van der Waals surface area contributed by atoms with E-state index in [0.29, 0.717) is 23.8 Å². The van der Waals surface area contributed by atoms with Gasteiger partial charge in [-0.15, -0.1) is 0 Å². The number of esters is 1. The van der Waals surface area contributed by atoms with E-state index in [1.807, 2.05) is 0 Å².